The number of hydrogen-bond acceptors (Lipinski definition) is 7. The molecule has 0 aliphatic carbocycles. The molecule has 0 N–H and O–H groups in total. The minimum atomic E-state index is 0.408. The van der Waals surface area contributed by atoms with E-state index in [1.165, 1.54) is 5.56 Å². The van der Waals surface area contributed by atoms with E-state index in [0.717, 1.165) is 86.4 Å². The number of nitrogens with zero attached hydrogens (tertiary/aromatic N) is 7. The van der Waals surface area contributed by atoms with Crippen LogP contribution >= 0.6 is 0 Å². The number of hydrogen-bond donors (Lipinski definition) is 0. The van der Waals surface area contributed by atoms with Crippen molar-refractivity contribution in [2.75, 3.05) is 76.3 Å². The Morgan fingerprint density at radius 3 is 1.60 bits per heavy atom. The van der Waals surface area contributed by atoms with Gasteiger partial charge in [-0.05, 0) is 55.9 Å². The summed E-state index contributed by atoms with van der Waals surface area (Å²) in [6.45, 7) is 12.8. The Morgan fingerprint density at radius 1 is 0.629 bits per heavy atom. The molecule has 2 saturated heterocycles. The maximum Gasteiger partial charge on any atom is 0.128 e. The zero-order valence-electron chi connectivity index (χ0n) is 21.5. The molecule has 2 aliphatic rings. The first kappa shape index (κ1) is 23.7. The largest absolute Gasteiger partial charge is 0.354 e. The molecule has 2 aliphatic heterocycles. The molecule has 0 radical (unpaired) electrons. The van der Waals surface area contributed by atoms with Crippen LogP contribution in [0.5, 0.6) is 0 Å². The van der Waals surface area contributed by atoms with Crippen molar-refractivity contribution < 1.29 is 0 Å². The van der Waals surface area contributed by atoms with Crippen molar-refractivity contribution in [3.63, 3.8) is 0 Å². The highest BCUT2D eigenvalue weighted by Crippen LogP contribution is 2.33. The summed E-state index contributed by atoms with van der Waals surface area (Å²) < 4.78 is 0. The third-order valence-corrected chi connectivity index (χ3v) is 7.31. The predicted molar refractivity (Wildman–Crippen MR) is 144 cm³/mol. The summed E-state index contributed by atoms with van der Waals surface area (Å²) in [6.07, 6.45) is 5.98. The van der Waals surface area contributed by atoms with E-state index in [9.17, 15) is 0 Å². The molecule has 3 aromatic rings. The van der Waals surface area contributed by atoms with E-state index < -0.39 is 0 Å². The molecule has 0 bridgehead atoms. The van der Waals surface area contributed by atoms with Gasteiger partial charge in [0.1, 0.15) is 11.6 Å². The lowest BCUT2D eigenvalue weighted by Crippen LogP contribution is -2.44. The molecule has 7 heteroatoms. The van der Waals surface area contributed by atoms with Crippen molar-refractivity contribution in [2.24, 2.45) is 0 Å². The summed E-state index contributed by atoms with van der Waals surface area (Å²) in [7, 11) is 4.35. The standard InChI is InChI=1S/C28H37N7/c1-21(2)24-17-25(22-5-7-26(29-18-22)34-13-9-32(3)10-14-34)28(31-20-24)23-6-8-27(30-19-23)35-15-11-33(4)12-16-35/h5-8,17-21H,9-16H2,1-4H3. The maximum absolute atomic E-state index is 4.92. The number of aromatic nitrogens is 3. The Balaban J connectivity index is 1.43. The third kappa shape index (κ3) is 5.31. The van der Waals surface area contributed by atoms with Crippen molar-refractivity contribution in [3.05, 3.63) is 54.5 Å². The van der Waals surface area contributed by atoms with Crippen LogP contribution in [0, 0.1) is 0 Å². The van der Waals surface area contributed by atoms with Crippen LogP contribution in [0.25, 0.3) is 22.4 Å². The van der Waals surface area contributed by atoms with Gasteiger partial charge in [0.2, 0.25) is 0 Å². The average molecular weight is 472 g/mol. The lowest BCUT2D eigenvalue weighted by molar-refractivity contribution is 0.312. The van der Waals surface area contributed by atoms with E-state index in [-0.39, 0.29) is 0 Å². The van der Waals surface area contributed by atoms with Crippen LogP contribution in [0.15, 0.2) is 48.9 Å². The smallest absolute Gasteiger partial charge is 0.128 e. The van der Waals surface area contributed by atoms with Gasteiger partial charge in [-0.3, -0.25) is 4.98 Å². The van der Waals surface area contributed by atoms with Crippen LogP contribution in [0.2, 0.25) is 0 Å². The van der Waals surface area contributed by atoms with Gasteiger partial charge in [-0.2, -0.15) is 0 Å². The molecule has 0 amide bonds. The molecule has 0 saturated carbocycles. The minimum absolute atomic E-state index is 0.408. The van der Waals surface area contributed by atoms with Gasteiger partial charge in [0.05, 0.1) is 5.69 Å². The molecule has 184 valence electrons. The molecule has 0 unspecified atom stereocenters. The Bertz CT molecular complexity index is 1110. The Kier molecular flexibility index (Phi) is 6.97. The third-order valence-electron chi connectivity index (χ3n) is 7.31. The zero-order valence-corrected chi connectivity index (χ0v) is 21.5. The van der Waals surface area contributed by atoms with E-state index in [4.69, 9.17) is 15.0 Å². The predicted octanol–water partition coefficient (Wildman–Crippen LogP) is 3.83. The fourth-order valence-corrected chi connectivity index (χ4v) is 4.76. The molecule has 0 aromatic carbocycles. The van der Waals surface area contributed by atoms with E-state index in [1.54, 1.807) is 0 Å². The highest BCUT2D eigenvalue weighted by molar-refractivity contribution is 5.81. The molecule has 2 fully saturated rings. The van der Waals surface area contributed by atoms with E-state index in [1.807, 2.05) is 18.6 Å². The molecule has 35 heavy (non-hydrogen) atoms. The van der Waals surface area contributed by atoms with Crippen molar-refractivity contribution >= 4 is 11.6 Å². The van der Waals surface area contributed by atoms with Gasteiger partial charge in [-0.15, -0.1) is 0 Å². The molecule has 0 atom stereocenters. The number of likely N-dealkylation sites (N-methyl/N-ethyl adjacent to an activating group) is 2. The van der Waals surface area contributed by atoms with Crippen LogP contribution in [-0.2, 0) is 0 Å². The highest BCUT2D eigenvalue weighted by Gasteiger charge is 2.18. The fourth-order valence-electron chi connectivity index (χ4n) is 4.76. The lowest BCUT2D eigenvalue weighted by Gasteiger charge is -2.33. The molecular formula is C28H37N7. The first-order valence-corrected chi connectivity index (χ1v) is 12.8. The normalized spacial score (nSPS) is 17.9. The van der Waals surface area contributed by atoms with E-state index in [0.29, 0.717) is 5.92 Å². The van der Waals surface area contributed by atoms with Crippen LogP contribution in [-0.4, -0.2) is 91.2 Å². The first-order chi connectivity index (χ1) is 17.0. The summed E-state index contributed by atoms with van der Waals surface area (Å²) in [5.41, 5.74) is 5.44. The second-order valence-corrected chi connectivity index (χ2v) is 10.2. The van der Waals surface area contributed by atoms with E-state index in [2.05, 4.69) is 77.9 Å². The summed E-state index contributed by atoms with van der Waals surface area (Å²) >= 11 is 0. The van der Waals surface area contributed by atoms with Crippen LogP contribution in [0.3, 0.4) is 0 Å². The Labute approximate surface area is 209 Å². The van der Waals surface area contributed by atoms with Crippen molar-refractivity contribution in [1.29, 1.82) is 0 Å². The van der Waals surface area contributed by atoms with E-state index >= 15 is 0 Å². The number of pyridine rings is 3. The summed E-state index contributed by atoms with van der Waals surface area (Å²) in [5, 5.41) is 0. The highest BCUT2D eigenvalue weighted by atomic mass is 15.3. The maximum atomic E-state index is 4.92. The van der Waals surface area contributed by atoms with Crippen molar-refractivity contribution in [2.45, 2.75) is 19.8 Å². The number of piperazine rings is 2. The number of rotatable bonds is 5. The van der Waals surface area contributed by atoms with Crippen LogP contribution in [0.4, 0.5) is 11.6 Å². The summed E-state index contributed by atoms with van der Waals surface area (Å²) in [5.74, 6) is 2.50. The molecule has 0 spiro atoms. The first-order valence-electron chi connectivity index (χ1n) is 12.8. The topological polar surface area (TPSA) is 51.6 Å². The van der Waals surface area contributed by atoms with Gasteiger partial charge in [-0.25, -0.2) is 9.97 Å². The molecule has 7 nitrogen and oxygen atoms in total. The van der Waals surface area contributed by atoms with Gasteiger partial charge in [0.25, 0.3) is 0 Å². The molecule has 5 rings (SSSR count). The van der Waals surface area contributed by atoms with Crippen molar-refractivity contribution in [1.82, 2.24) is 24.8 Å². The minimum Gasteiger partial charge on any atom is -0.354 e. The summed E-state index contributed by atoms with van der Waals surface area (Å²) in [4.78, 5) is 24.0. The quantitative estimate of drug-likeness (QED) is 0.560. The molecular weight excluding hydrogens is 434 g/mol. The van der Waals surface area contributed by atoms with Crippen LogP contribution in [0.1, 0.15) is 25.3 Å². The SMILES string of the molecule is CC(C)c1cnc(-c2ccc(N3CCN(C)CC3)nc2)c(-c2ccc(N3CCN(C)CC3)nc2)c1. The Morgan fingerprint density at radius 2 is 1.14 bits per heavy atom. The second kappa shape index (κ2) is 10.3. The average Bonchev–Trinajstić information content (AvgIpc) is 2.89. The molecule has 3 aromatic heterocycles. The van der Waals surface area contributed by atoms with Gasteiger partial charge < -0.3 is 19.6 Å². The monoisotopic (exact) mass is 471 g/mol. The van der Waals surface area contributed by atoms with Crippen molar-refractivity contribution in [3.8, 4) is 22.4 Å². The lowest BCUT2D eigenvalue weighted by atomic mass is 9.96. The van der Waals surface area contributed by atoms with Gasteiger partial charge >= 0.3 is 0 Å². The van der Waals surface area contributed by atoms with Gasteiger partial charge in [-0.1, -0.05) is 13.8 Å². The second-order valence-electron chi connectivity index (χ2n) is 10.2. The van der Waals surface area contributed by atoms with Gasteiger partial charge in [0.15, 0.2) is 0 Å². The zero-order chi connectivity index (χ0) is 24.4. The molecule has 5 heterocycles. The van der Waals surface area contributed by atoms with Gasteiger partial charge in [0, 0.05) is 87.6 Å². The number of anilines is 2. The summed E-state index contributed by atoms with van der Waals surface area (Å²) in [6, 6.07) is 10.9. The Hall–Kier alpha value is -3.03. The fraction of sp³-hybridized carbons (Fsp3) is 0.464. The van der Waals surface area contributed by atoms with Crippen LogP contribution < -0.4 is 9.80 Å².